The molecule has 4 heteroatoms. The Balaban J connectivity index is 1.67. The Morgan fingerprint density at radius 2 is 1.92 bits per heavy atom. The standard InChI is InChI=1S/C22H36O2S2/c1-14(23)18-7-8-19-17-6-5-15-13-16(24-2)9-11-21(15,25-3)20(17)10-12-22(18,19)26-4/h5,14,16-20,23H,6-13H2,1-4H3. The first-order chi connectivity index (χ1) is 12.5. The van der Waals surface area contributed by atoms with Gasteiger partial charge in [0, 0.05) is 16.6 Å². The predicted octanol–water partition coefficient (Wildman–Crippen LogP) is 5.15. The van der Waals surface area contributed by atoms with Gasteiger partial charge in [0.2, 0.25) is 0 Å². The second kappa shape index (κ2) is 7.31. The van der Waals surface area contributed by atoms with E-state index in [0.29, 0.717) is 21.5 Å². The van der Waals surface area contributed by atoms with Gasteiger partial charge in [-0.15, -0.1) is 0 Å². The summed E-state index contributed by atoms with van der Waals surface area (Å²) in [5, 5.41) is 10.5. The van der Waals surface area contributed by atoms with Gasteiger partial charge in [0.25, 0.3) is 0 Å². The van der Waals surface area contributed by atoms with E-state index in [1.54, 1.807) is 5.57 Å². The molecule has 0 saturated heterocycles. The number of allylic oxidation sites excluding steroid dienone is 1. The van der Waals surface area contributed by atoms with Crippen molar-refractivity contribution in [2.45, 2.75) is 80.0 Å². The lowest BCUT2D eigenvalue weighted by atomic mass is 9.55. The lowest BCUT2D eigenvalue weighted by Crippen LogP contribution is -2.56. The number of fused-ring (bicyclic) bond motifs is 5. The lowest BCUT2D eigenvalue weighted by molar-refractivity contribution is 0.0293. The van der Waals surface area contributed by atoms with Crippen molar-refractivity contribution in [3.8, 4) is 0 Å². The fourth-order valence-corrected chi connectivity index (χ4v) is 10.4. The Kier molecular flexibility index (Phi) is 5.53. The molecule has 3 saturated carbocycles. The van der Waals surface area contributed by atoms with Crippen molar-refractivity contribution in [3.63, 3.8) is 0 Å². The highest BCUT2D eigenvalue weighted by Crippen LogP contribution is 2.66. The average Bonchev–Trinajstić information content (AvgIpc) is 3.07. The maximum absolute atomic E-state index is 10.5. The van der Waals surface area contributed by atoms with Crippen LogP contribution in [0.15, 0.2) is 11.6 Å². The molecule has 0 bridgehead atoms. The molecule has 4 aliphatic rings. The summed E-state index contributed by atoms with van der Waals surface area (Å²) in [6.07, 6.45) is 17.7. The van der Waals surface area contributed by atoms with Crippen molar-refractivity contribution >= 4 is 23.5 Å². The molecule has 1 N–H and O–H groups in total. The summed E-state index contributed by atoms with van der Waals surface area (Å²) in [5.41, 5.74) is 1.70. The molecule has 0 radical (unpaired) electrons. The average molecular weight is 397 g/mol. The van der Waals surface area contributed by atoms with Gasteiger partial charge < -0.3 is 9.84 Å². The second-order valence-electron chi connectivity index (χ2n) is 9.16. The molecule has 2 nitrogen and oxygen atoms in total. The maximum Gasteiger partial charge on any atom is 0.0609 e. The van der Waals surface area contributed by atoms with Crippen molar-refractivity contribution < 1.29 is 9.84 Å². The third kappa shape index (κ3) is 2.69. The van der Waals surface area contributed by atoms with Gasteiger partial charge in [-0.25, -0.2) is 0 Å². The van der Waals surface area contributed by atoms with Gasteiger partial charge in [0.05, 0.1) is 12.2 Å². The monoisotopic (exact) mass is 396 g/mol. The number of methoxy groups -OCH3 is 1. The Bertz CT molecular complexity index is 562. The first-order valence-corrected chi connectivity index (χ1v) is 13.0. The Morgan fingerprint density at radius 3 is 2.58 bits per heavy atom. The van der Waals surface area contributed by atoms with Crippen LogP contribution in [0.5, 0.6) is 0 Å². The third-order valence-electron chi connectivity index (χ3n) is 8.65. The molecule has 0 heterocycles. The first-order valence-electron chi connectivity index (χ1n) is 10.5. The van der Waals surface area contributed by atoms with Crippen LogP contribution in [0.2, 0.25) is 0 Å². The minimum absolute atomic E-state index is 0.162. The fourth-order valence-electron chi connectivity index (χ4n) is 7.51. The molecule has 0 aromatic heterocycles. The molecule has 0 aliphatic heterocycles. The van der Waals surface area contributed by atoms with Gasteiger partial charge in [0.1, 0.15) is 0 Å². The summed E-state index contributed by atoms with van der Waals surface area (Å²) < 4.78 is 6.42. The van der Waals surface area contributed by atoms with Crippen LogP contribution >= 0.6 is 23.5 Å². The van der Waals surface area contributed by atoms with Crippen molar-refractivity contribution in [1.82, 2.24) is 0 Å². The summed E-state index contributed by atoms with van der Waals surface area (Å²) in [6.45, 7) is 2.03. The first kappa shape index (κ1) is 19.7. The lowest BCUT2D eigenvalue weighted by Gasteiger charge is -2.59. The molecule has 3 fully saturated rings. The van der Waals surface area contributed by atoms with Crippen LogP contribution in [-0.4, -0.2) is 46.4 Å². The van der Waals surface area contributed by atoms with Crippen LogP contribution < -0.4 is 0 Å². The molecular weight excluding hydrogens is 360 g/mol. The summed E-state index contributed by atoms with van der Waals surface area (Å²) in [6, 6.07) is 0. The molecule has 26 heavy (non-hydrogen) atoms. The number of aliphatic hydroxyl groups excluding tert-OH is 1. The molecule has 8 atom stereocenters. The van der Waals surface area contributed by atoms with Crippen LogP contribution in [-0.2, 0) is 4.74 Å². The quantitative estimate of drug-likeness (QED) is 0.665. The molecule has 148 valence electrons. The van der Waals surface area contributed by atoms with Gasteiger partial charge in [-0.3, -0.25) is 0 Å². The highest BCUT2D eigenvalue weighted by Gasteiger charge is 2.61. The number of aliphatic hydroxyl groups is 1. The zero-order valence-electron chi connectivity index (χ0n) is 16.9. The Morgan fingerprint density at radius 1 is 1.12 bits per heavy atom. The fraction of sp³-hybridized carbons (Fsp3) is 0.909. The molecule has 0 spiro atoms. The summed E-state index contributed by atoms with van der Waals surface area (Å²) in [4.78, 5) is 0. The van der Waals surface area contributed by atoms with Gasteiger partial charge in [-0.05, 0) is 94.5 Å². The van der Waals surface area contributed by atoms with Crippen LogP contribution in [0.3, 0.4) is 0 Å². The molecular formula is C22H36O2S2. The normalized spacial score (nSPS) is 49.0. The van der Waals surface area contributed by atoms with Gasteiger partial charge in [0.15, 0.2) is 0 Å². The van der Waals surface area contributed by atoms with Crippen LogP contribution in [0.25, 0.3) is 0 Å². The van der Waals surface area contributed by atoms with E-state index >= 15 is 0 Å². The molecule has 0 amide bonds. The third-order valence-corrected chi connectivity index (χ3v) is 11.7. The van der Waals surface area contributed by atoms with Gasteiger partial charge >= 0.3 is 0 Å². The Labute approximate surface area is 168 Å². The number of ether oxygens (including phenoxy) is 1. The van der Waals surface area contributed by atoms with E-state index in [2.05, 4.69) is 42.1 Å². The minimum atomic E-state index is -0.162. The van der Waals surface area contributed by atoms with E-state index in [-0.39, 0.29) is 6.10 Å². The van der Waals surface area contributed by atoms with Crippen molar-refractivity contribution in [1.29, 1.82) is 0 Å². The molecule has 8 unspecified atom stereocenters. The van der Waals surface area contributed by atoms with E-state index in [9.17, 15) is 5.11 Å². The SMILES string of the molecule is COC1CCC2(SC)C(=CCC3C2CCC2(SC)C(C(C)O)CCC32)C1. The highest BCUT2D eigenvalue weighted by atomic mass is 32.2. The van der Waals surface area contributed by atoms with E-state index < -0.39 is 0 Å². The molecule has 4 rings (SSSR count). The van der Waals surface area contributed by atoms with Gasteiger partial charge in [-0.1, -0.05) is 11.6 Å². The van der Waals surface area contributed by atoms with Gasteiger partial charge in [-0.2, -0.15) is 23.5 Å². The van der Waals surface area contributed by atoms with Crippen molar-refractivity contribution in [2.75, 3.05) is 19.6 Å². The highest BCUT2D eigenvalue weighted by molar-refractivity contribution is 8.00. The summed E-state index contributed by atoms with van der Waals surface area (Å²) >= 11 is 4.23. The van der Waals surface area contributed by atoms with E-state index in [1.165, 1.54) is 44.9 Å². The number of thioether (sulfide) groups is 2. The molecule has 0 aromatic carbocycles. The zero-order chi connectivity index (χ0) is 18.5. The Hall–Kier alpha value is 0.360. The second-order valence-corrected chi connectivity index (χ2v) is 11.5. The van der Waals surface area contributed by atoms with Crippen molar-refractivity contribution in [3.05, 3.63) is 11.6 Å². The number of hydrogen-bond donors (Lipinski definition) is 1. The van der Waals surface area contributed by atoms with E-state index in [1.807, 2.05) is 14.0 Å². The summed E-state index contributed by atoms with van der Waals surface area (Å²) in [7, 11) is 1.88. The molecule has 0 aromatic rings. The predicted molar refractivity (Wildman–Crippen MR) is 114 cm³/mol. The van der Waals surface area contributed by atoms with Crippen LogP contribution in [0, 0.1) is 23.7 Å². The smallest absolute Gasteiger partial charge is 0.0609 e. The molecule has 4 aliphatic carbocycles. The van der Waals surface area contributed by atoms with E-state index in [0.717, 1.165) is 24.2 Å². The maximum atomic E-state index is 10.5. The number of rotatable bonds is 4. The number of hydrogen-bond acceptors (Lipinski definition) is 4. The van der Waals surface area contributed by atoms with Crippen molar-refractivity contribution in [2.24, 2.45) is 23.7 Å². The van der Waals surface area contributed by atoms with Crippen LogP contribution in [0.4, 0.5) is 0 Å². The van der Waals surface area contributed by atoms with E-state index in [4.69, 9.17) is 4.74 Å². The zero-order valence-corrected chi connectivity index (χ0v) is 18.5. The summed E-state index contributed by atoms with van der Waals surface area (Å²) in [5.74, 6) is 2.92. The largest absolute Gasteiger partial charge is 0.393 e. The topological polar surface area (TPSA) is 29.5 Å². The van der Waals surface area contributed by atoms with Crippen LogP contribution in [0.1, 0.15) is 58.3 Å². The minimum Gasteiger partial charge on any atom is -0.393 e.